The monoisotopic (exact) mass is 411 g/mol. The van der Waals surface area contributed by atoms with Gasteiger partial charge in [0.2, 0.25) is 0 Å². The summed E-state index contributed by atoms with van der Waals surface area (Å²) in [5, 5.41) is 12.3. The molecule has 28 heavy (non-hydrogen) atoms. The average Bonchev–Trinajstić information content (AvgIpc) is 3.24. The molecule has 0 aliphatic carbocycles. The Kier molecular flexibility index (Phi) is 5.90. The van der Waals surface area contributed by atoms with Crippen LogP contribution in [0.25, 0.3) is 0 Å². The number of aromatic carboxylic acids is 1. The standard InChI is InChI=1S/C17H22ClN5O5/c1-4-9-13(18)22-14(19-9)15(24)20-10-5-6-23(7-11(10)27-3)17-21-12(16(25)26)8(2)28-17/h10-11H,4-7H2,1-3H3,(H,19,22)(H,20,24)(H,25,26). The van der Waals surface area contributed by atoms with Crippen molar-refractivity contribution in [2.75, 3.05) is 25.1 Å². The number of aromatic amines is 1. The van der Waals surface area contributed by atoms with Gasteiger partial charge in [-0.25, -0.2) is 9.78 Å². The van der Waals surface area contributed by atoms with Gasteiger partial charge in [0, 0.05) is 13.7 Å². The maximum absolute atomic E-state index is 12.5. The van der Waals surface area contributed by atoms with E-state index in [0.29, 0.717) is 36.8 Å². The number of halogens is 1. The maximum Gasteiger partial charge on any atom is 0.358 e. The number of rotatable bonds is 6. The molecule has 1 amide bonds. The lowest BCUT2D eigenvalue weighted by molar-refractivity contribution is 0.0529. The normalized spacial score (nSPS) is 19.6. The molecule has 1 aliphatic rings. The third-order valence-electron chi connectivity index (χ3n) is 4.73. The number of carboxylic acids is 1. The number of nitrogens with one attached hydrogen (secondary N) is 2. The molecule has 1 saturated heterocycles. The smallest absolute Gasteiger partial charge is 0.358 e. The molecule has 3 heterocycles. The molecule has 0 saturated carbocycles. The molecule has 11 heteroatoms. The number of oxazole rings is 1. The minimum Gasteiger partial charge on any atom is -0.476 e. The summed E-state index contributed by atoms with van der Waals surface area (Å²) >= 11 is 6.00. The number of carboxylic acid groups (broad SMARTS) is 1. The molecule has 2 aromatic heterocycles. The molecule has 152 valence electrons. The second-order valence-electron chi connectivity index (χ2n) is 6.50. The van der Waals surface area contributed by atoms with Crippen molar-refractivity contribution in [1.29, 1.82) is 0 Å². The predicted molar refractivity (Wildman–Crippen MR) is 100 cm³/mol. The molecule has 3 rings (SSSR count). The summed E-state index contributed by atoms with van der Waals surface area (Å²) in [6.45, 7) is 4.38. The van der Waals surface area contributed by atoms with E-state index in [-0.39, 0.29) is 41.3 Å². The fourth-order valence-electron chi connectivity index (χ4n) is 3.18. The number of H-pyrrole nitrogens is 1. The summed E-state index contributed by atoms with van der Waals surface area (Å²) in [5.41, 5.74) is 0.597. The van der Waals surface area contributed by atoms with Crippen LogP contribution in [0.2, 0.25) is 5.15 Å². The molecule has 1 fully saturated rings. The Labute approximate surface area is 166 Å². The molecule has 0 aromatic carbocycles. The van der Waals surface area contributed by atoms with Crippen molar-refractivity contribution in [3.05, 3.63) is 28.1 Å². The van der Waals surface area contributed by atoms with Crippen molar-refractivity contribution in [2.24, 2.45) is 0 Å². The summed E-state index contributed by atoms with van der Waals surface area (Å²) in [6, 6.07) is -0.0233. The summed E-state index contributed by atoms with van der Waals surface area (Å²) in [5.74, 6) is -1.09. The highest BCUT2D eigenvalue weighted by Gasteiger charge is 2.33. The van der Waals surface area contributed by atoms with E-state index in [0.717, 1.165) is 0 Å². The van der Waals surface area contributed by atoms with Gasteiger partial charge in [0.25, 0.3) is 11.9 Å². The summed E-state index contributed by atoms with van der Waals surface area (Å²) in [7, 11) is 1.55. The molecule has 1 aliphatic heterocycles. The van der Waals surface area contributed by atoms with E-state index in [1.54, 1.807) is 18.9 Å². The van der Waals surface area contributed by atoms with Gasteiger partial charge in [0.1, 0.15) is 5.76 Å². The third-order valence-corrected chi connectivity index (χ3v) is 5.05. The number of ether oxygens (including phenoxy) is 1. The minimum absolute atomic E-state index is 0.110. The fraction of sp³-hybridized carbons (Fsp3) is 0.529. The number of piperidine rings is 1. The van der Waals surface area contributed by atoms with E-state index in [9.17, 15) is 9.59 Å². The van der Waals surface area contributed by atoms with Crippen molar-refractivity contribution in [2.45, 2.75) is 38.8 Å². The van der Waals surface area contributed by atoms with Gasteiger partial charge in [-0.05, 0) is 19.8 Å². The highest BCUT2D eigenvalue weighted by Crippen LogP contribution is 2.24. The highest BCUT2D eigenvalue weighted by atomic mass is 35.5. The van der Waals surface area contributed by atoms with Crippen LogP contribution >= 0.6 is 11.6 Å². The van der Waals surface area contributed by atoms with Gasteiger partial charge in [-0.15, -0.1) is 0 Å². The number of hydrogen-bond donors (Lipinski definition) is 3. The molecule has 0 bridgehead atoms. The van der Waals surface area contributed by atoms with Crippen LogP contribution < -0.4 is 10.2 Å². The average molecular weight is 412 g/mol. The van der Waals surface area contributed by atoms with E-state index >= 15 is 0 Å². The molecular formula is C17H22ClN5O5. The summed E-state index contributed by atoms with van der Waals surface area (Å²) in [4.78, 5) is 36.5. The van der Waals surface area contributed by atoms with Gasteiger partial charge < -0.3 is 29.5 Å². The number of carbonyl (C=O) groups is 2. The fourth-order valence-corrected chi connectivity index (χ4v) is 3.44. The predicted octanol–water partition coefficient (Wildman–Crippen LogP) is 1.64. The SMILES string of the molecule is CCc1[nH]c(C(=O)NC2CCN(c3nc(C(=O)O)c(C)o3)CC2OC)nc1Cl. The molecule has 0 radical (unpaired) electrons. The van der Waals surface area contributed by atoms with Crippen LogP contribution in [-0.4, -0.2) is 64.3 Å². The number of carbonyl (C=O) groups excluding carboxylic acids is 1. The Balaban J connectivity index is 1.68. The number of aromatic nitrogens is 3. The molecule has 2 atom stereocenters. The number of methoxy groups -OCH3 is 1. The Morgan fingerprint density at radius 3 is 2.79 bits per heavy atom. The number of nitrogens with zero attached hydrogens (tertiary/aromatic N) is 3. The van der Waals surface area contributed by atoms with Gasteiger partial charge in [-0.3, -0.25) is 4.79 Å². The minimum atomic E-state index is -1.14. The van der Waals surface area contributed by atoms with E-state index in [1.807, 2.05) is 6.92 Å². The van der Waals surface area contributed by atoms with E-state index in [1.165, 1.54) is 0 Å². The van der Waals surface area contributed by atoms with Crippen molar-refractivity contribution < 1.29 is 23.8 Å². The van der Waals surface area contributed by atoms with E-state index in [2.05, 4.69) is 20.3 Å². The van der Waals surface area contributed by atoms with Crippen molar-refractivity contribution in [1.82, 2.24) is 20.3 Å². The Morgan fingerprint density at radius 1 is 1.46 bits per heavy atom. The van der Waals surface area contributed by atoms with Crippen LogP contribution in [0.5, 0.6) is 0 Å². The van der Waals surface area contributed by atoms with Crippen LogP contribution in [0.3, 0.4) is 0 Å². The van der Waals surface area contributed by atoms with Crippen molar-refractivity contribution >= 4 is 29.5 Å². The van der Waals surface area contributed by atoms with E-state index in [4.69, 9.17) is 25.9 Å². The first-order chi connectivity index (χ1) is 13.3. The second-order valence-corrected chi connectivity index (χ2v) is 6.86. The first kappa shape index (κ1) is 20.2. The quantitative estimate of drug-likeness (QED) is 0.653. The number of imidazole rings is 1. The molecule has 10 nitrogen and oxygen atoms in total. The Hall–Kier alpha value is -2.59. The van der Waals surface area contributed by atoms with Gasteiger partial charge in [-0.2, -0.15) is 4.98 Å². The lowest BCUT2D eigenvalue weighted by Gasteiger charge is -2.37. The lowest BCUT2D eigenvalue weighted by Crippen LogP contribution is -2.55. The second kappa shape index (κ2) is 8.19. The number of aryl methyl sites for hydroxylation is 2. The molecular weight excluding hydrogens is 390 g/mol. The van der Waals surface area contributed by atoms with Gasteiger partial charge in [-0.1, -0.05) is 18.5 Å². The third kappa shape index (κ3) is 3.97. The van der Waals surface area contributed by atoms with Crippen LogP contribution in [0.1, 0.15) is 45.9 Å². The van der Waals surface area contributed by atoms with Crippen molar-refractivity contribution in [3.8, 4) is 0 Å². The maximum atomic E-state index is 12.5. The zero-order chi connectivity index (χ0) is 20.4. The van der Waals surface area contributed by atoms with E-state index < -0.39 is 5.97 Å². The van der Waals surface area contributed by atoms with Crippen LogP contribution in [-0.2, 0) is 11.2 Å². The highest BCUT2D eigenvalue weighted by molar-refractivity contribution is 6.30. The first-order valence-corrected chi connectivity index (χ1v) is 9.25. The van der Waals surface area contributed by atoms with Gasteiger partial charge >= 0.3 is 5.97 Å². The van der Waals surface area contributed by atoms with Crippen molar-refractivity contribution in [3.63, 3.8) is 0 Å². The summed E-state index contributed by atoms with van der Waals surface area (Å²) < 4.78 is 11.0. The Bertz CT molecular complexity index is 879. The topological polar surface area (TPSA) is 134 Å². The van der Waals surface area contributed by atoms with Crippen LogP contribution in [0.15, 0.2) is 4.42 Å². The Morgan fingerprint density at radius 2 is 2.21 bits per heavy atom. The van der Waals surface area contributed by atoms with Crippen LogP contribution in [0.4, 0.5) is 6.01 Å². The number of amides is 1. The zero-order valence-corrected chi connectivity index (χ0v) is 16.5. The summed E-state index contributed by atoms with van der Waals surface area (Å²) in [6.07, 6.45) is 0.865. The van der Waals surface area contributed by atoms with Gasteiger partial charge in [0.15, 0.2) is 16.7 Å². The molecule has 2 unspecified atom stereocenters. The van der Waals surface area contributed by atoms with Gasteiger partial charge in [0.05, 0.1) is 24.4 Å². The lowest BCUT2D eigenvalue weighted by atomic mass is 10.0. The first-order valence-electron chi connectivity index (χ1n) is 8.87. The number of anilines is 1. The van der Waals surface area contributed by atoms with Crippen LogP contribution in [0, 0.1) is 6.92 Å². The molecule has 3 N–H and O–H groups in total. The number of hydrogen-bond acceptors (Lipinski definition) is 7. The molecule has 0 spiro atoms. The largest absolute Gasteiger partial charge is 0.476 e. The molecule has 2 aromatic rings. The zero-order valence-electron chi connectivity index (χ0n) is 15.8.